The van der Waals surface area contributed by atoms with Crippen molar-refractivity contribution in [3.63, 3.8) is 0 Å². The second-order valence-corrected chi connectivity index (χ2v) is 4.47. The van der Waals surface area contributed by atoms with Gasteiger partial charge in [0.1, 0.15) is 0 Å². The lowest BCUT2D eigenvalue weighted by atomic mass is 9.86. The van der Waals surface area contributed by atoms with Gasteiger partial charge in [0.05, 0.1) is 16.4 Å². The molecule has 0 spiro atoms. The van der Waals surface area contributed by atoms with E-state index in [2.05, 4.69) is 18.1 Å². The van der Waals surface area contributed by atoms with E-state index in [4.69, 9.17) is 17.3 Å². The molecule has 0 radical (unpaired) electrons. The third kappa shape index (κ3) is 1.94. The highest BCUT2D eigenvalue weighted by Crippen LogP contribution is 2.30. The van der Waals surface area contributed by atoms with Gasteiger partial charge in [-0.1, -0.05) is 24.1 Å². The summed E-state index contributed by atoms with van der Waals surface area (Å²) < 4.78 is 1.85. The molecule has 15 heavy (non-hydrogen) atoms. The van der Waals surface area contributed by atoms with Gasteiger partial charge in [-0.25, -0.2) is 0 Å². The van der Waals surface area contributed by atoms with Crippen molar-refractivity contribution in [3.05, 3.63) is 22.0 Å². The van der Waals surface area contributed by atoms with Crippen molar-refractivity contribution in [2.75, 3.05) is 0 Å². The molecule has 0 amide bonds. The summed E-state index contributed by atoms with van der Waals surface area (Å²) in [4.78, 5) is 0. The minimum absolute atomic E-state index is 0.342. The lowest BCUT2D eigenvalue weighted by Crippen LogP contribution is -2.30. The van der Waals surface area contributed by atoms with E-state index in [0.717, 1.165) is 35.7 Å². The Morgan fingerprint density at radius 3 is 2.73 bits per heavy atom. The number of nitrogens with two attached hydrogens (primary N) is 1. The van der Waals surface area contributed by atoms with Crippen molar-refractivity contribution in [2.45, 2.75) is 32.2 Å². The van der Waals surface area contributed by atoms with E-state index < -0.39 is 0 Å². The van der Waals surface area contributed by atoms with Crippen molar-refractivity contribution in [1.29, 1.82) is 0 Å². The van der Waals surface area contributed by atoms with E-state index in [1.165, 1.54) is 5.57 Å². The topological polar surface area (TPSA) is 43.8 Å². The zero-order chi connectivity index (χ0) is 11.0. The summed E-state index contributed by atoms with van der Waals surface area (Å²) in [6.07, 6.45) is 4.97. The number of hydrogen-bond donors (Lipinski definition) is 1. The van der Waals surface area contributed by atoms with Crippen LogP contribution >= 0.6 is 11.6 Å². The van der Waals surface area contributed by atoms with Crippen molar-refractivity contribution < 1.29 is 0 Å². The summed E-state index contributed by atoms with van der Waals surface area (Å²) in [6, 6.07) is 0.342. The minimum atomic E-state index is 0.342. The molecule has 1 saturated carbocycles. The molecule has 1 aliphatic rings. The van der Waals surface area contributed by atoms with E-state index >= 15 is 0 Å². The molecule has 0 aromatic carbocycles. The monoisotopic (exact) mass is 225 g/mol. The van der Waals surface area contributed by atoms with E-state index in [-0.39, 0.29) is 0 Å². The van der Waals surface area contributed by atoms with Crippen LogP contribution in [0.4, 0.5) is 0 Å². The second-order valence-electron chi connectivity index (χ2n) is 4.09. The number of rotatable bonds is 2. The van der Waals surface area contributed by atoms with Gasteiger partial charge in [-0.3, -0.25) is 4.68 Å². The zero-order valence-electron chi connectivity index (χ0n) is 9.13. The quantitative estimate of drug-likeness (QED) is 0.838. The van der Waals surface area contributed by atoms with Gasteiger partial charge in [0, 0.05) is 13.1 Å². The lowest BCUT2D eigenvalue weighted by Gasteiger charge is -2.25. The van der Waals surface area contributed by atoms with E-state index in [1.807, 2.05) is 11.7 Å². The highest BCUT2D eigenvalue weighted by molar-refractivity contribution is 6.32. The zero-order valence-corrected chi connectivity index (χ0v) is 9.88. The summed E-state index contributed by atoms with van der Waals surface area (Å²) in [5, 5.41) is 5.15. The highest BCUT2D eigenvalue weighted by Gasteiger charge is 2.20. The second kappa shape index (κ2) is 3.99. The predicted octanol–water partition coefficient (Wildman–Crippen LogP) is 2.14. The third-order valence-corrected chi connectivity index (χ3v) is 3.23. The lowest BCUT2D eigenvalue weighted by molar-refractivity contribution is 0.546. The molecule has 1 aliphatic carbocycles. The van der Waals surface area contributed by atoms with Gasteiger partial charge < -0.3 is 5.73 Å². The Bertz CT molecular complexity index is 398. The fourth-order valence-electron chi connectivity index (χ4n) is 1.88. The van der Waals surface area contributed by atoms with Gasteiger partial charge in [-0.15, -0.1) is 0 Å². The molecule has 0 aliphatic heterocycles. The molecule has 1 aromatic rings. The van der Waals surface area contributed by atoms with Crippen LogP contribution in [0.1, 0.15) is 31.2 Å². The van der Waals surface area contributed by atoms with E-state index in [9.17, 15) is 0 Å². The Kier molecular flexibility index (Phi) is 2.85. The standard InChI is InChI=1S/C11H16ClN3/c1-3-9-11(12)10(15(2)14-9)6-7-4-8(13)5-7/h6,8H,3-5,13H2,1-2H3. The molecule has 3 nitrogen and oxygen atoms in total. The maximum absolute atomic E-state index is 6.23. The van der Waals surface area contributed by atoms with Crippen LogP contribution in [0.3, 0.4) is 0 Å². The SMILES string of the molecule is CCc1nn(C)c(C=C2CC(N)C2)c1Cl. The first kappa shape index (κ1) is 10.7. The van der Waals surface area contributed by atoms with E-state index in [0.29, 0.717) is 6.04 Å². The molecule has 1 fully saturated rings. The smallest absolute Gasteiger partial charge is 0.0891 e. The molecule has 0 bridgehead atoms. The largest absolute Gasteiger partial charge is 0.327 e. The maximum atomic E-state index is 6.23. The number of hydrogen-bond acceptors (Lipinski definition) is 2. The summed E-state index contributed by atoms with van der Waals surface area (Å²) in [5.74, 6) is 0. The fourth-order valence-corrected chi connectivity index (χ4v) is 2.22. The van der Waals surface area contributed by atoms with Gasteiger partial charge >= 0.3 is 0 Å². The number of nitrogens with zero attached hydrogens (tertiary/aromatic N) is 2. The summed E-state index contributed by atoms with van der Waals surface area (Å²) in [5.41, 5.74) is 9.08. The Hall–Kier alpha value is -0.800. The molecule has 0 saturated heterocycles. The van der Waals surface area contributed by atoms with Gasteiger partial charge in [0.2, 0.25) is 0 Å². The normalized spacial score (nSPS) is 20.3. The number of halogens is 1. The van der Waals surface area contributed by atoms with Gasteiger partial charge in [-0.05, 0) is 25.3 Å². The fraction of sp³-hybridized carbons (Fsp3) is 0.545. The third-order valence-electron chi connectivity index (χ3n) is 2.82. The number of aryl methyl sites for hydroxylation is 2. The van der Waals surface area contributed by atoms with Crippen LogP contribution < -0.4 is 5.73 Å². The molecule has 1 heterocycles. The van der Waals surface area contributed by atoms with Gasteiger partial charge in [0.25, 0.3) is 0 Å². The Morgan fingerprint density at radius 2 is 2.27 bits per heavy atom. The van der Waals surface area contributed by atoms with Crippen LogP contribution in [0.2, 0.25) is 5.02 Å². The summed E-state index contributed by atoms with van der Waals surface area (Å²) in [7, 11) is 1.93. The molecule has 1 aromatic heterocycles. The van der Waals surface area contributed by atoms with Crippen molar-refractivity contribution in [2.24, 2.45) is 12.8 Å². The maximum Gasteiger partial charge on any atom is 0.0891 e. The molecule has 2 rings (SSSR count). The molecular weight excluding hydrogens is 210 g/mol. The molecule has 0 atom stereocenters. The van der Waals surface area contributed by atoms with Crippen LogP contribution in [0.15, 0.2) is 5.57 Å². The first-order chi connectivity index (χ1) is 7.11. The molecular formula is C11H16ClN3. The average molecular weight is 226 g/mol. The van der Waals surface area contributed by atoms with Crippen molar-refractivity contribution in [3.8, 4) is 0 Å². The summed E-state index contributed by atoms with van der Waals surface area (Å²) >= 11 is 6.23. The Morgan fingerprint density at radius 1 is 1.60 bits per heavy atom. The van der Waals surface area contributed by atoms with Crippen LogP contribution in [-0.4, -0.2) is 15.8 Å². The van der Waals surface area contributed by atoms with Gasteiger partial charge in [-0.2, -0.15) is 5.10 Å². The van der Waals surface area contributed by atoms with Crippen molar-refractivity contribution in [1.82, 2.24) is 9.78 Å². The van der Waals surface area contributed by atoms with Crippen LogP contribution in [0, 0.1) is 0 Å². The predicted molar refractivity (Wildman–Crippen MR) is 62.8 cm³/mol. The Labute approximate surface area is 94.9 Å². The van der Waals surface area contributed by atoms with Crippen LogP contribution in [0.5, 0.6) is 0 Å². The molecule has 82 valence electrons. The average Bonchev–Trinajstić information content (AvgIpc) is 2.42. The molecule has 0 unspecified atom stereocenters. The van der Waals surface area contributed by atoms with Gasteiger partial charge in [0.15, 0.2) is 0 Å². The molecule has 2 N–H and O–H groups in total. The van der Waals surface area contributed by atoms with E-state index in [1.54, 1.807) is 0 Å². The number of aromatic nitrogens is 2. The minimum Gasteiger partial charge on any atom is -0.327 e. The summed E-state index contributed by atoms with van der Waals surface area (Å²) in [6.45, 7) is 2.06. The first-order valence-corrected chi connectivity index (χ1v) is 5.66. The van der Waals surface area contributed by atoms with Crippen LogP contribution in [-0.2, 0) is 13.5 Å². The first-order valence-electron chi connectivity index (χ1n) is 5.28. The van der Waals surface area contributed by atoms with Crippen molar-refractivity contribution >= 4 is 17.7 Å². The molecule has 4 heteroatoms. The Balaban J connectivity index is 2.28. The highest BCUT2D eigenvalue weighted by atomic mass is 35.5. The van der Waals surface area contributed by atoms with Crippen LogP contribution in [0.25, 0.3) is 6.08 Å².